The topological polar surface area (TPSA) is 143 Å². The molecule has 0 aliphatic heterocycles. The van der Waals surface area contributed by atoms with Gasteiger partial charge in [-0.3, -0.25) is 20.2 Å². The number of nitro benzene ring substituents is 2. The summed E-state index contributed by atoms with van der Waals surface area (Å²) in [7, 11) is -4.37. The molecule has 1 atom stereocenters. The minimum Gasteiger partial charge on any atom is -0.739 e. The SMILES string of the molecule is CC(CSS(=O)(=O)[O-])c1ccc([N+](=O)[O-])cc1[N+](=O)[O-].[Na+]. The van der Waals surface area contributed by atoms with Gasteiger partial charge in [0.15, 0.2) is 0 Å². The van der Waals surface area contributed by atoms with Crippen molar-refractivity contribution in [3.05, 3.63) is 44.0 Å². The molecule has 0 bridgehead atoms. The molecule has 9 nitrogen and oxygen atoms in total. The van der Waals surface area contributed by atoms with Crippen LogP contribution in [-0.4, -0.2) is 28.6 Å². The molecule has 0 fully saturated rings. The minimum absolute atomic E-state index is 0. The number of benzene rings is 1. The average Bonchev–Trinajstić information content (AvgIpc) is 2.34. The molecule has 0 saturated carbocycles. The van der Waals surface area contributed by atoms with E-state index in [0.717, 1.165) is 12.1 Å². The van der Waals surface area contributed by atoms with E-state index in [9.17, 15) is 33.2 Å². The molecule has 0 aliphatic rings. The number of non-ortho nitro benzene ring substituents is 1. The van der Waals surface area contributed by atoms with Crippen LogP contribution in [0.3, 0.4) is 0 Å². The van der Waals surface area contributed by atoms with Crippen LogP contribution in [0.4, 0.5) is 11.4 Å². The van der Waals surface area contributed by atoms with Gasteiger partial charge < -0.3 is 4.55 Å². The number of nitro groups is 2. The van der Waals surface area contributed by atoms with E-state index in [-0.39, 0.29) is 51.7 Å². The van der Waals surface area contributed by atoms with Gasteiger partial charge in [-0.25, -0.2) is 8.42 Å². The molecule has 0 aliphatic carbocycles. The van der Waals surface area contributed by atoms with E-state index in [1.54, 1.807) is 0 Å². The average molecular weight is 344 g/mol. The van der Waals surface area contributed by atoms with Gasteiger partial charge in [-0.05, 0) is 22.8 Å². The summed E-state index contributed by atoms with van der Waals surface area (Å²) in [5, 5.41) is 21.5. The maximum absolute atomic E-state index is 10.9. The van der Waals surface area contributed by atoms with E-state index >= 15 is 0 Å². The van der Waals surface area contributed by atoms with E-state index < -0.39 is 36.3 Å². The van der Waals surface area contributed by atoms with Crippen LogP contribution in [0.5, 0.6) is 0 Å². The summed E-state index contributed by atoms with van der Waals surface area (Å²) in [6.45, 7) is 1.49. The Hall–Kier alpha value is -0.720. The van der Waals surface area contributed by atoms with E-state index in [1.165, 1.54) is 13.0 Å². The predicted molar refractivity (Wildman–Crippen MR) is 70.3 cm³/mol. The third-order valence-corrected chi connectivity index (χ3v) is 4.61. The second kappa shape index (κ2) is 8.06. The Kier molecular flexibility index (Phi) is 7.78. The summed E-state index contributed by atoms with van der Waals surface area (Å²) < 4.78 is 31.5. The van der Waals surface area contributed by atoms with Crippen molar-refractivity contribution in [3.8, 4) is 0 Å². The molecular weight excluding hydrogens is 335 g/mol. The molecule has 21 heavy (non-hydrogen) atoms. The summed E-state index contributed by atoms with van der Waals surface area (Å²) in [6, 6.07) is 3.09. The van der Waals surface area contributed by atoms with Crippen LogP contribution in [0.2, 0.25) is 0 Å². The first kappa shape index (κ1) is 20.3. The Bertz CT molecular complexity index is 649. The first-order valence-electron chi connectivity index (χ1n) is 5.15. The third kappa shape index (κ3) is 6.28. The summed E-state index contributed by atoms with van der Waals surface area (Å²) in [6.07, 6.45) is 0. The van der Waals surface area contributed by atoms with Crippen molar-refractivity contribution in [1.82, 2.24) is 0 Å². The van der Waals surface area contributed by atoms with Crippen LogP contribution in [0, 0.1) is 20.2 Å². The van der Waals surface area contributed by atoms with Crippen molar-refractivity contribution in [2.45, 2.75) is 12.8 Å². The Balaban J connectivity index is 0.00000400. The Morgan fingerprint density at radius 3 is 2.24 bits per heavy atom. The number of hydrogen-bond acceptors (Lipinski definition) is 8. The zero-order valence-corrected chi connectivity index (χ0v) is 14.7. The van der Waals surface area contributed by atoms with Crippen molar-refractivity contribution in [1.29, 1.82) is 0 Å². The van der Waals surface area contributed by atoms with Crippen molar-refractivity contribution in [3.63, 3.8) is 0 Å². The fraction of sp³-hybridized carbons (Fsp3) is 0.333. The van der Waals surface area contributed by atoms with Crippen LogP contribution >= 0.6 is 10.8 Å². The maximum Gasteiger partial charge on any atom is 1.00 e. The first-order chi connectivity index (χ1) is 9.11. The van der Waals surface area contributed by atoms with Gasteiger partial charge in [-0.1, -0.05) is 6.92 Å². The second-order valence-corrected chi connectivity index (χ2v) is 7.17. The molecule has 0 aromatic heterocycles. The molecule has 12 heteroatoms. The van der Waals surface area contributed by atoms with Crippen molar-refractivity contribution < 1.29 is 52.4 Å². The van der Waals surface area contributed by atoms with Gasteiger partial charge >= 0.3 is 29.6 Å². The van der Waals surface area contributed by atoms with Gasteiger partial charge in [-0.15, -0.1) is 0 Å². The van der Waals surface area contributed by atoms with E-state index in [4.69, 9.17) is 0 Å². The maximum atomic E-state index is 10.9. The van der Waals surface area contributed by atoms with Gasteiger partial charge in [0.05, 0.1) is 15.9 Å². The summed E-state index contributed by atoms with van der Waals surface area (Å²) in [5.41, 5.74) is -0.774. The largest absolute Gasteiger partial charge is 1.00 e. The third-order valence-electron chi connectivity index (χ3n) is 2.41. The van der Waals surface area contributed by atoms with E-state index in [0.29, 0.717) is 0 Å². The predicted octanol–water partition coefficient (Wildman–Crippen LogP) is -1.20. The van der Waals surface area contributed by atoms with Gasteiger partial charge in [-0.2, -0.15) is 0 Å². The van der Waals surface area contributed by atoms with Crippen molar-refractivity contribution in [2.75, 3.05) is 5.75 Å². The van der Waals surface area contributed by atoms with Gasteiger partial charge in [0, 0.05) is 17.4 Å². The van der Waals surface area contributed by atoms with Gasteiger partial charge in [0.25, 0.3) is 11.4 Å². The number of rotatable bonds is 6. The summed E-state index contributed by atoms with van der Waals surface area (Å²) in [5.74, 6) is -0.797. The molecule has 0 radical (unpaired) electrons. The van der Waals surface area contributed by atoms with Crippen molar-refractivity contribution >= 4 is 31.3 Å². The zero-order valence-electron chi connectivity index (χ0n) is 11.1. The van der Waals surface area contributed by atoms with Crippen molar-refractivity contribution in [2.24, 2.45) is 0 Å². The molecule has 110 valence electrons. The molecule has 0 heterocycles. The molecule has 0 N–H and O–H groups in total. The summed E-state index contributed by atoms with van der Waals surface area (Å²) in [4.78, 5) is 19.9. The molecule has 1 aromatic rings. The molecule has 1 aromatic carbocycles. The van der Waals surface area contributed by atoms with Crippen LogP contribution in [-0.2, 0) is 9.15 Å². The quantitative estimate of drug-likeness (QED) is 0.206. The molecule has 0 spiro atoms. The fourth-order valence-corrected chi connectivity index (χ4v) is 3.16. The van der Waals surface area contributed by atoms with E-state index in [2.05, 4.69) is 0 Å². The van der Waals surface area contributed by atoms with Gasteiger partial charge in [0.2, 0.25) is 0 Å². The molecule has 0 saturated heterocycles. The summed E-state index contributed by atoms with van der Waals surface area (Å²) >= 11 is 0. The molecule has 1 rings (SSSR count). The zero-order chi connectivity index (χ0) is 15.5. The van der Waals surface area contributed by atoms with Crippen LogP contribution in [0.25, 0.3) is 0 Å². The second-order valence-electron chi connectivity index (χ2n) is 3.85. The molecule has 0 amide bonds. The standard InChI is InChI=1S/C9H10N2O7S2.Na/c1-6(5-19-20(16,17)18)8-3-2-7(10(12)13)4-9(8)11(14)15;/h2-4,6H,5H2,1H3,(H,16,17,18);/q;+1/p-1. The smallest absolute Gasteiger partial charge is 0.739 e. The minimum atomic E-state index is -4.49. The number of nitrogens with zero attached hydrogens (tertiary/aromatic N) is 2. The Morgan fingerprint density at radius 1 is 1.24 bits per heavy atom. The van der Waals surface area contributed by atoms with Crippen LogP contribution < -0.4 is 29.6 Å². The fourth-order valence-electron chi connectivity index (χ4n) is 1.50. The normalized spacial score (nSPS) is 12.3. The monoisotopic (exact) mass is 344 g/mol. The van der Waals surface area contributed by atoms with Crippen LogP contribution in [0.1, 0.15) is 18.4 Å². The van der Waals surface area contributed by atoms with E-state index in [1.807, 2.05) is 0 Å². The molecule has 1 unspecified atom stereocenters. The number of hydrogen-bond donors (Lipinski definition) is 0. The molecular formula is C9H9N2NaO7S2. The Morgan fingerprint density at radius 2 is 1.81 bits per heavy atom. The van der Waals surface area contributed by atoms with Crippen LogP contribution in [0.15, 0.2) is 18.2 Å². The Labute approximate surface area is 145 Å². The first-order valence-corrected chi connectivity index (χ1v) is 8.06. The van der Waals surface area contributed by atoms with Gasteiger partial charge in [0.1, 0.15) is 9.15 Å².